The van der Waals surface area contributed by atoms with Crippen molar-refractivity contribution in [2.75, 3.05) is 24.3 Å². The molecule has 2 aromatic carbocycles. The number of nitrogens with zero attached hydrogens (tertiary/aromatic N) is 2. The molecular weight excluding hydrogens is 336 g/mol. The Kier molecular flexibility index (Phi) is 5.69. The molecule has 0 unspecified atom stereocenters. The maximum Gasteiger partial charge on any atom is 0.229 e. The average molecular weight is 354 g/mol. The van der Waals surface area contributed by atoms with Gasteiger partial charge in [0.05, 0.1) is 13.3 Å². The van der Waals surface area contributed by atoms with E-state index in [0.717, 1.165) is 17.9 Å². The van der Waals surface area contributed by atoms with Crippen molar-refractivity contribution in [2.24, 2.45) is 0 Å². The normalized spacial score (nSPS) is 10.3. The lowest BCUT2D eigenvalue weighted by Crippen LogP contribution is -2.08. The molecule has 3 aromatic rings. The average Bonchev–Trinajstić information content (AvgIpc) is 2.65. The Balaban J connectivity index is 1.62. The lowest BCUT2D eigenvalue weighted by molar-refractivity contribution is 0.414. The third-order valence-corrected chi connectivity index (χ3v) is 3.82. The maximum atomic E-state index is 6.19. The Morgan fingerprint density at radius 1 is 1.24 bits per heavy atom. The molecule has 0 aliphatic rings. The number of hydrogen-bond acceptors (Lipinski definition) is 5. The number of ether oxygens (including phenoxy) is 1. The molecule has 0 amide bonds. The summed E-state index contributed by atoms with van der Waals surface area (Å²) in [6.07, 6.45) is 2.41. The first-order chi connectivity index (χ1) is 12.2. The first kappa shape index (κ1) is 17.0. The van der Waals surface area contributed by atoms with Crippen LogP contribution in [0, 0.1) is 6.07 Å². The Bertz CT molecular complexity index is 827. The zero-order valence-corrected chi connectivity index (χ0v) is 14.5. The number of methoxy groups -OCH3 is 1. The van der Waals surface area contributed by atoms with E-state index in [1.54, 1.807) is 13.3 Å². The van der Waals surface area contributed by atoms with Crippen LogP contribution in [0.5, 0.6) is 5.75 Å². The van der Waals surface area contributed by atoms with Gasteiger partial charge in [-0.1, -0.05) is 35.9 Å². The molecule has 0 atom stereocenters. The van der Waals surface area contributed by atoms with Gasteiger partial charge in [-0.3, -0.25) is 0 Å². The number of anilines is 3. The minimum absolute atomic E-state index is 0.480. The van der Waals surface area contributed by atoms with Crippen molar-refractivity contribution in [2.45, 2.75) is 6.42 Å². The van der Waals surface area contributed by atoms with Crippen molar-refractivity contribution in [3.8, 4) is 5.75 Å². The summed E-state index contributed by atoms with van der Waals surface area (Å²) in [6, 6.07) is 18.5. The minimum atomic E-state index is 0.480. The number of benzene rings is 2. The van der Waals surface area contributed by atoms with E-state index in [4.69, 9.17) is 16.3 Å². The van der Waals surface area contributed by atoms with Gasteiger partial charge in [-0.25, -0.2) is 4.98 Å². The van der Waals surface area contributed by atoms with Crippen LogP contribution in [0.1, 0.15) is 5.56 Å². The van der Waals surface area contributed by atoms with Crippen LogP contribution in [-0.4, -0.2) is 23.6 Å². The lowest BCUT2D eigenvalue weighted by atomic mass is 10.1. The van der Waals surface area contributed by atoms with Gasteiger partial charge in [0.2, 0.25) is 5.95 Å². The van der Waals surface area contributed by atoms with E-state index >= 15 is 0 Å². The fraction of sp³-hybridized carbons (Fsp3) is 0.158. The molecule has 0 fully saturated rings. The SMILES string of the molecule is COc1cccc(CCNc2nc(Nc3c[c]ccc3)ncc2Cl)c1. The molecule has 127 valence electrons. The van der Waals surface area contributed by atoms with Crippen molar-refractivity contribution in [3.05, 3.63) is 71.4 Å². The van der Waals surface area contributed by atoms with Crippen LogP contribution in [0.15, 0.2) is 54.7 Å². The van der Waals surface area contributed by atoms with Crippen LogP contribution in [0.25, 0.3) is 0 Å². The van der Waals surface area contributed by atoms with Gasteiger partial charge in [0.15, 0.2) is 5.82 Å². The molecule has 1 heterocycles. The zero-order valence-electron chi connectivity index (χ0n) is 13.8. The quantitative estimate of drug-likeness (QED) is 0.661. The van der Waals surface area contributed by atoms with E-state index in [1.807, 2.05) is 42.5 Å². The number of aromatic nitrogens is 2. The smallest absolute Gasteiger partial charge is 0.229 e. The van der Waals surface area contributed by atoms with Gasteiger partial charge in [-0.2, -0.15) is 4.98 Å². The molecule has 0 aliphatic heterocycles. The maximum absolute atomic E-state index is 6.19. The third kappa shape index (κ3) is 4.84. The number of halogens is 1. The van der Waals surface area contributed by atoms with Crippen LogP contribution in [-0.2, 0) is 6.42 Å². The van der Waals surface area contributed by atoms with E-state index < -0.39 is 0 Å². The zero-order chi connectivity index (χ0) is 17.5. The van der Waals surface area contributed by atoms with Crippen LogP contribution in [0.3, 0.4) is 0 Å². The largest absolute Gasteiger partial charge is 0.497 e. The van der Waals surface area contributed by atoms with Gasteiger partial charge in [0.1, 0.15) is 10.8 Å². The second kappa shape index (κ2) is 8.35. The van der Waals surface area contributed by atoms with Crippen molar-refractivity contribution in [3.63, 3.8) is 0 Å². The Morgan fingerprint density at radius 3 is 2.96 bits per heavy atom. The summed E-state index contributed by atoms with van der Waals surface area (Å²) in [7, 11) is 1.66. The van der Waals surface area contributed by atoms with E-state index in [9.17, 15) is 0 Å². The van der Waals surface area contributed by atoms with Crippen LogP contribution >= 0.6 is 11.6 Å². The van der Waals surface area contributed by atoms with E-state index in [0.29, 0.717) is 23.3 Å². The molecule has 2 N–H and O–H groups in total. The van der Waals surface area contributed by atoms with Gasteiger partial charge in [0.25, 0.3) is 0 Å². The Morgan fingerprint density at radius 2 is 2.16 bits per heavy atom. The first-order valence-electron chi connectivity index (χ1n) is 7.87. The number of hydrogen-bond donors (Lipinski definition) is 2. The lowest BCUT2D eigenvalue weighted by Gasteiger charge is -2.10. The Labute approximate surface area is 152 Å². The van der Waals surface area contributed by atoms with E-state index in [2.05, 4.69) is 32.7 Å². The number of rotatable bonds is 7. The van der Waals surface area contributed by atoms with Gasteiger partial charge in [-0.05, 0) is 42.3 Å². The molecule has 1 aromatic heterocycles. The first-order valence-corrected chi connectivity index (χ1v) is 8.25. The molecular formula is C19H18ClN4O. The molecule has 6 heteroatoms. The standard InChI is InChI=1S/C19H18ClN4O/c1-25-16-9-5-6-14(12-16)10-11-21-18-17(20)13-22-19(24-18)23-15-7-3-2-4-8-15/h2-3,5-9,12-13H,10-11H2,1H3,(H2,21,22,23,24). The molecule has 0 spiro atoms. The summed E-state index contributed by atoms with van der Waals surface area (Å²) in [4.78, 5) is 8.63. The molecule has 0 saturated heterocycles. The Hall–Kier alpha value is -2.79. The van der Waals surface area contributed by atoms with Gasteiger partial charge >= 0.3 is 0 Å². The highest BCUT2D eigenvalue weighted by molar-refractivity contribution is 6.32. The summed E-state index contributed by atoms with van der Waals surface area (Å²) in [5.74, 6) is 1.93. The molecule has 0 aliphatic carbocycles. The van der Waals surface area contributed by atoms with Gasteiger partial charge < -0.3 is 15.4 Å². The van der Waals surface area contributed by atoms with E-state index in [1.165, 1.54) is 5.56 Å². The number of nitrogens with one attached hydrogen (secondary N) is 2. The van der Waals surface area contributed by atoms with Crippen molar-refractivity contribution in [1.29, 1.82) is 0 Å². The van der Waals surface area contributed by atoms with Crippen LogP contribution in [0.2, 0.25) is 5.02 Å². The predicted octanol–water partition coefficient (Wildman–Crippen LogP) is 4.34. The van der Waals surface area contributed by atoms with Crippen molar-refractivity contribution >= 4 is 29.1 Å². The highest BCUT2D eigenvalue weighted by atomic mass is 35.5. The fourth-order valence-corrected chi connectivity index (χ4v) is 2.46. The molecule has 25 heavy (non-hydrogen) atoms. The molecule has 5 nitrogen and oxygen atoms in total. The molecule has 0 saturated carbocycles. The monoisotopic (exact) mass is 353 g/mol. The van der Waals surface area contributed by atoms with Crippen molar-refractivity contribution < 1.29 is 4.74 Å². The highest BCUT2D eigenvalue weighted by Crippen LogP contribution is 2.21. The van der Waals surface area contributed by atoms with E-state index in [-0.39, 0.29) is 0 Å². The molecule has 0 bridgehead atoms. The second-order valence-electron chi connectivity index (χ2n) is 5.34. The summed E-state index contributed by atoms with van der Waals surface area (Å²) in [5.41, 5.74) is 2.04. The van der Waals surface area contributed by atoms with Crippen molar-refractivity contribution in [1.82, 2.24) is 9.97 Å². The second-order valence-corrected chi connectivity index (χ2v) is 5.74. The molecule has 1 radical (unpaired) electrons. The summed E-state index contributed by atoms with van der Waals surface area (Å²) >= 11 is 6.19. The summed E-state index contributed by atoms with van der Waals surface area (Å²) in [5, 5.41) is 6.86. The topological polar surface area (TPSA) is 59.1 Å². The van der Waals surface area contributed by atoms with Gasteiger partial charge in [-0.15, -0.1) is 0 Å². The fourth-order valence-electron chi connectivity index (χ4n) is 2.30. The van der Waals surface area contributed by atoms with Gasteiger partial charge in [0, 0.05) is 12.2 Å². The highest BCUT2D eigenvalue weighted by Gasteiger charge is 2.06. The third-order valence-electron chi connectivity index (χ3n) is 3.55. The van der Waals surface area contributed by atoms with Crippen LogP contribution < -0.4 is 15.4 Å². The summed E-state index contributed by atoms with van der Waals surface area (Å²) < 4.78 is 5.24. The minimum Gasteiger partial charge on any atom is -0.497 e. The predicted molar refractivity (Wildman–Crippen MR) is 101 cm³/mol. The van der Waals surface area contributed by atoms with Crippen LogP contribution in [0.4, 0.5) is 17.5 Å². The summed E-state index contributed by atoms with van der Waals surface area (Å²) in [6.45, 7) is 0.697. The molecule has 3 rings (SSSR count).